The van der Waals surface area contributed by atoms with Crippen LogP contribution in [0.25, 0.3) is 0 Å². The van der Waals surface area contributed by atoms with Gasteiger partial charge in [-0.2, -0.15) is 0 Å². The third-order valence-electron chi connectivity index (χ3n) is 3.05. The van der Waals surface area contributed by atoms with E-state index in [9.17, 15) is 5.11 Å². The topological polar surface area (TPSA) is 77.4 Å². The third kappa shape index (κ3) is 17.8. The minimum atomic E-state index is -0.362. The molecule has 0 aromatic rings. The average molecular weight is 322 g/mol. The summed E-state index contributed by atoms with van der Waals surface area (Å²) in [6.45, 7) is 5.97. The molecule has 0 rings (SSSR count). The Morgan fingerprint density at radius 3 is 1.82 bits per heavy atom. The van der Waals surface area contributed by atoms with Gasteiger partial charge in [-0.05, 0) is 6.42 Å². The Labute approximate surface area is 134 Å². The third-order valence-corrected chi connectivity index (χ3v) is 3.05. The van der Waals surface area contributed by atoms with Crippen LogP contribution in [0.15, 0.2) is 0 Å². The summed E-state index contributed by atoms with van der Waals surface area (Å²) >= 11 is 0. The van der Waals surface area contributed by atoms with E-state index in [0.29, 0.717) is 52.9 Å². The lowest BCUT2D eigenvalue weighted by atomic mass is 10.1. The van der Waals surface area contributed by atoms with Crippen molar-refractivity contribution in [1.29, 1.82) is 0 Å². The fraction of sp³-hybridized carbons (Fsp3) is 1.00. The summed E-state index contributed by atoms with van der Waals surface area (Å²) in [5, 5.41) is 18.2. The Balaban J connectivity index is 3.07. The van der Waals surface area contributed by atoms with Crippen LogP contribution in [0.1, 0.15) is 39.0 Å². The largest absolute Gasteiger partial charge is 0.394 e. The van der Waals surface area contributed by atoms with Crippen LogP contribution in [0.2, 0.25) is 0 Å². The smallest absolute Gasteiger partial charge is 0.0773 e. The molecule has 0 aromatic carbocycles. The number of hydrogen-bond donors (Lipinski definition) is 2. The minimum Gasteiger partial charge on any atom is -0.394 e. The van der Waals surface area contributed by atoms with Crippen molar-refractivity contribution in [2.45, 2.75) is 45.1 Å². The number of hydrogen-bond acceptors (Lipinski definition) is 6. The van der Waals surface area contributed by atoms with Crippen LogP contribution in [0, 0.1) is 0 Å². The van der Waals surface area contributed by atoms with Crippen molar-refractivity contribution in [3.8, 4) is 0 Å². The van der Waals surface area contributed by atoms with Gasteiger partial charge in [0.25, 0.3) is 0 Å². The van der Waals surface area contributed by atoms with E-state index in [0.717, 1.165) is 12.8 Å². The van der Waals surface area contributed by atoms with E-state index in [1.54, 1.807) is 0 Å². The molecule has 0 heterocycles. The molecular formula is C16H34O6. The molecule has 0 radical (unpaired) electrons. The molecule has 1 atom stereocenters. The first-order valence-electron chi connectivity index (χ1n) is 8.41. The van der Waals surface area contributed by atoms with Gasteiger partial charge in [-0.15, -0.1) is 0 Å². The van der Waals surface area contributed by atoms with Crippen molar-refractivity contribution < 1.29 is 29.2 Å². The number of aliphatic hydroxyl groups excluding tert-OH is 2. The fourth-order valence-corrected chi connectivity index (χ4v) is 1.83. The van der Waals surface area contributed by atoms with Crippen LogP contribution in [0.5, 0.6) is 0 Å². The van der Waals surface area contributed by atoms with Crippen LogP contribution >= 0.6 is 0 Å². The van der Waals surface area contributed by atoms with Gasteiger partial charge in [0, 0.05) is 0 Å². The molecule has 0 saturated carbocycles. The van der Waals surface area contributed by atoms with Gasteiger partial charge in [0.05, 0.1) is 65.6 Å². The number of rotatable bonds is 18. The lowest BCUT2D eigenvalue weighted by molar-refractivity contribution is -0.0197. The van der Waals surface area contributed by atoms with E-state index < -0.39 is 0 Å². The van der Waals surface area contributed by atoms with Gasteiger partial charge in [-0.1, -0.05) is 32.6 Å². The Hall–Kier alpha value is -0.240. The van der Waals surface area contributed by atoms with Gasteiger partial charge >= 0.3 is 0 Å². The van der Waals surface area contributed by atoms with E-state index in [2.05, 4.69) is 6.92 Å². The van der Waals surface area contributed by atoms with Crippen molar-refractivity contribution in [3.05, 3.63) is 0 Å². The Bertz CT molecular complexity index is 203. The Morgan fingerprint density at radius 1 is 0.727 bits per heavy atom. The highest BCUT2D eigenvalue weighted by atomic mass is 16.6. The second-order valence-electron chi connectivity index (χ2n) is 5.14. The molecule has 0 aliphatic carbocycles. The van der Waals surface area contributed by atoms with Crippen molar-refractivity contribution >= 4 is 0 Å². The second-order valence-corrected chi connectivity index (χ2v) is 5.14. The van der Waals surface area contributed by atoms with Crippen LogP contribution in [0.4, 0.5) is 0 Å². The monoisotopic (exact) mass is 322 g/mol. The molecule has 6 heteroatoms. The van der Waals surface area contributed by atoms with Crippen molar-refractivity contribution in [2.75, 3.05) is 59.5 Å². The minimum absolute atomic E-state index is 0.0382. The summed E-state index contributed by atoms with van der Waals surface area (Å²) < 4.78 is 21.0. The van der Waals surface area contributed by atoms with E-state index in [1.807, 2.05) is 0 Å². The van der Waals surface area contributed by atoms with Gasteiger partial charge in [0.1, 0.15) is 0 Å². The van der Waals surface area contributed by atoms with E-state index in [-0.39, 0.29) is 12.7 Å². The summed E-state index contributed by atoms with van der Waals surface area (Å²) in [7, 11) is 0. The predicted octanol–water partition coefficient (Wildman–Crippen LogP) is 1.38. The zero-order valence-corrected chi connectivity index (χ0v) is 14.0. The van der Waals surface area contributed by atoms with Crippen molar-refractivity contribution in [2.24, 2.45) is 0 Å². The Morgan fingerprint density at radius 2 is 1.27 bits per heavy atom. The van der Waals surface area contributed by atoms with Crippen LogP contribution in [-0.2, 0) is 18.9 Å². The van der Waals surface area contributed by atoms with E-state index in [1.165, 1.54) is 19.3 Å². The maximum absolute atomic E-state index is 9.70. The molecule has 0 aliphatic heterocycles. The van der Waals surface area contributed by atoms with Crippen molar-refractivity contribution in [3.63, 3.8) is 0 Å². The standard InChI is InChI=1S/C16H34O6/c1-2-3-4-5-6-16(18)15-22-14-13-21-12-11-20-10-9-19-8-7-17/h16-18H,2-15H2,1H3. The molecule has 134 valence electrons. The predicted molar refractivity (Wildman–Crippen MR) is 85.1 cm³/mol. The van der Waals surface area contributed by atoms with Crippen LogP contribution < -0.4 is 0 Å². The lowest BCUT2D eigenvalue weighted by Gasteiger charge is -2.11. The SMILES string of the molecule is CCCCCCC(O)COCCOCCOCCOCCO. The Kier molecular flexibility index (Phi) is 18.6. The number of unbranched alkanes of at least 4 members (excludes halogenated alkanes) is 3. The first-order valence-corrected chi connectivity index (χ1v) is 8.41. The van der Waals surface area contributed by atoms with Gasteiger partial charge in [-0.25, -0.2) is 0 Å². The first-order chi connectivity index (χ1) is 10.8. The van der Waals surface area contributed by atoms with Crippen LogP contribution in [0.3, 0.4) is 0 Å². The zero-order valence-electron chi connectivity index (χ0n) is 14.0. The first kappa shape index (κ1) is 21.8. The number of ether oxygens (including phenoxy) is 4. The summed E-state index contributed by atoms with van der Waals surface area (Å²) in [4.78, 5) is 0. The molecule has 6 nitrogen and oxygen atoms in total. The van der Waals surface area contributed by atoms with Crippen molar-refractivity contribution in [1.82, 2.24) is 0 Å². The molecule has 2 N–H and O–H groups in total. The second kappa shape index (κ2) is 18.8. The summed E-state index contributed by atoms with van der Waals surface area (Å²) in [5.74, 6) is 0. The molecule has 0 aliphatic rings. The average Bonchev–Trinajstić information content (AvgIpc) is 2.52. The highest BCUT2D eigenvalue weighted by Crippen LogP contribution is 2.05. The van der Waals surface area contributed by atoms with Gasteiger partial charge < -0.3 is 29.2 Å². The summed E-state index contributed by atoms with van der Waals surface area (Å²) in [6, 6.07) is 0. The number of aliphatic hydroxyl groups is 2. The summed E-state index contributed by atoms with van der Waals surface area (Å²) in [6.07, 6.45) is 5.14. The molecule has 0 aromatic heterocycles. The van der Waals surface area contributed by atoms with Gasteiger partial charge in [0.2, 0.25) is 0 Å². The quantitative estimate of drug-likeness (QED) is 0.371. The molecule has 22 heavy (non-hydrogen) atoms. The zero-order chi connectivity index (χ0) is 16.3. The molecule has 0 spiro atoms. The van der Waals surface area contributed by atoms with E-state index >= 15 is 0 Å². The highest BCUT2D eigenvalue weighted by molar-refractivity contribution is 4.54. The molecular weight excluding hydrogens is 288 g/mol. The fourth-order valence-electron chi connectivity index (χ4n) is 1.83. The molecule has 0 saturated heterocycles. The normalized spacial score (nSPS) is 12.7. The molecule has 0 bridgehead atoms. The molecule has 0 amide bonds. The van der Waals surface area contributed by atoms with E-state index in [4.69, 9.17) is 24.1 Å². The maximum Gasteiger partial charge on any atom is 0.0773 e. The van der Waals surface area contributed by atoms with Gasteiger partial charge in [0.15, 0.2) is 0 Å². The lowest BCUT2D eigenvalue weighted by Crippen LogP contribution is -2.18. The van der Waals surface area contributed by atoms with Crippen LogP contribution in [-0.4, -0.2) is 75.8 Å². The summed E-state index contributed by atoms with van der Waals surface area (Å²) in [5.41, 5.74) is 0. The maximum atomic E-state index is 9.70. The molecule has 1 unspecified atom stereocenters. The highest BCUT2D eigenvalue weighted by Gasteiger charge is 2.03. The van der Waals surface area contributed by atoms with Gasteiger partial charge in [-0.3, -0.25) is 0 Å². The molecule has 0 fully saturated rings.